The van der Waals surface area contributed by atoms with Gasteiger partial charge >= 0.3 is 5.97 Å². The number of methoxy groups -OCH3 is 1. The van der Waals surface area contributed by atoms with Crippen molar-refractivity contribution in [3.63, 3.8) is 0 Å². The Morgan fingerprint density at radius 3 is 2.61 bits per heavy atom. The van der Waals surface area contributed by atoms with Crippen LogP contribution in [0, 0.1) is 6.92 Å². The van der Waals surface area contributed by atoms with E-state index in [1.807, 2.05) is 13.8 Å². The number of aliphatic hydroxyl groups is 1. The van der Waals surface area contributed by atoms with Crippen LogP contribution in [0.3, 0.4) is 0 Å². The summed E-state index contributed by atoms with van der Waals surface area (Å²) in [5.41, 5.74) is 2.25. The molecule has 0 saturated carbocycles. The fourth-order valence-corrected chi connectivity index (χ4v) is 2.58. The van der Waals surface area contributed by atoms with Crippen molar-refractivity contribution in [2.75, 3.05) is 13.7 Å². The zero-order valence-corrected chi connectivity index (χ0v) is 14.5. The molecular weight excluding hydrogens is 296 g/mol. The maximum Gasteiger partial charge on any atom is 0.339 e. The molecule has 0 spiro atoms. The Morgan fingerprint density at radius 1 is 1.35 bits per heavy atom. The number of aromatic amines is 1. The summed E-state index contributed by atoms with van der Waals surface area (Å²) in [4.78, 5) is 27.3. The smallest absolute Gasteiger partial charge is 0.339 e. The number of amides is 1. The van der Waals surface area contributed by atoms with Crippen molar-refractivity contribution >= 4 is 11.9 Å². The zero-order valence-electron chi connectivity index (χ0n) is 14.5. The van der Waals surface area contributed by atoms with Gasteiger partial charge in [0.25, 0.3) is 5.91 Å². The van der Waals surface area contributed by atoms with Gasteiger partial charge in [0.15, 0.2) is 0 Å². The predicted octanol–water partition coefficient (Wildman–Crippen LogP) is 2.34. The summed E-state index contributed by atoms with van der Waals surface area (Å²) in [5.74, 6) is -0.648. The topological polar surface area (TPSA) is 91.4 Å². The second-order valence-electron chi connectivity index (χ2n) is 5.68. The van der Waals surface area contributed by atoms with Crippen LogP contribution in [0.5, 0.6) is 0 Å². The van der Waals surface area contributed by atoms with Crippen LogP contribution in [-0.4, -0.2) is 41.7 Å². The quantitative estimate of drug-likeness (QED) is 0.480. The minimum atomic E-state index is -0.424. The summed E-state index contributed by atoms with van der Waals surface area (Å²) in [6, 6.07) is 0. The molecular formula is C17H28N2O4. The van der Waals surface area contributed by atoms with E-state index in [0.717, 1.165) is 6.42 Å². The largest absolute Gasteiger partial charge is 0.465 e. The molecule has 0 aromatic carbocycles. The third-order valence-corrected chi connectivity index (χ3v) is 3.88. The molecule has 0 radical (unpaired) electrons. The fourth-order valence-electron chi connectivity index (χ4n) is 2.58. The average Bonchev–Trinajstić information content (AvgIpc) is 2.87. The van der Waals surface area contributed by atoms with E-state index in [0.29, 0.717) is 54.7 Å². The lowest BCUT2D eigenvalue weighted by Crippen LogP contribution is -2.26. The second-order valence-corrected chi connectivity index (χ2v) is 5.68. The normalized spacial score (nSPS) is 12.0. The molecule has 1 heterocycles. The number of hydrogen-bond acceptors (Lipinski definition) is 4. The zero-order chi connectivity index (χ0) is 17.4. The Balaban J connectivity index is 2.82. The molecule has 0 saturated heterocycles. The van der Waals surface area contributed by atoms with Crippen molar-refractivity contribution in [3.8, 4) is 0 Å². The third kappa shape index (κ3) is 5.10. The van der Waals surface area contributed by atoms with Crippen LogP contribution >= 0.6 is 0 Å². The van der Waals surface area contributed by atoms with E-state index in [2.05, 4.69) is 10.3 Å². The molecule has 0 aliphatic rings. The first kappa shape index (κ1) is 19.2. The highest BCUT2D eigenvalue weighted by Crippen LogP contribution is 2.21. The van der Waals surface area contributed by atoms with Gasteiger partial charge in [-0.25, -0.2) is 4.79 Å². The van der Waals surface area contributed by atoms with E-state index in [4.69, 9.17) is 4.74 Å². The molecule has 0 fully saturated rings. The van der Waals surface area contributed by atoms with Gasteiger partial charge in [-0.1, -0.05) is 20.3 Å². The molecule has 23 heavy (non-hydrogen) atoms. The van der Waals surface area contributed by atoms with Crippen LogP contribution in [0.1, 0.15) is 71.6 Å². The van der Waals surface area contributed by atoms with E-state index >= 15 is 0 Å². The average molecular weight is 324 g/mol. The molecule has 1 amide bonds. The number of rotatable bonds is 9. The van der Waals surface area contributed by atoms with Crippen molar-refractivity contribution < 1.29 is 19.4 Å². The number of aryl methyl sites for hydroxylation is 1. The van der Waals surface area contributed by atoms with Crippen molar-refractivity contribution in [2.24, 2.45) is 0 Å². The van der Waals surface area contributed by atoms with Crippen LogP contribution in [0.2, 0.25) is 0 Å². The number of carbonyl (C=O) groups is 2. The van der Waals surface area contributed by atoms with Gasteiger partial charge in [-0.15, -0.1) is 0 Å². The van der Waals surface area contributed by atoms with E-state index in [1.165, 1.54) is 7.11 Å². The summed E-state index contributed by atoms with van der Waals surface area (Å²) in [5, 5.41) is 12.4. The molecule has 130 valence electrons. The van der Waals surface area contributed by atoms with Gasteiger partial charge in [0.2, 0.25) is 0 Å². The lowest BCUT2D eigenvalue weighted by Gasteiger charge is -2.09. The Labute approximate surface area is 137 Å². The molecule has 6 nitrogen and oxygen atoms in total. The first-order valence-corrected chi connectivity index (χ1v) is 8.22. The lowest BCUT2D eigenvalue weighted by atomic mass is 10.0. The number of carbonyl (C=O) groups excluding carboxylic acids is 2. The Kier molecular flexibility index (Phi) is 7.81. The van der Waals surface area contributed by atoms with E-state index in [9.17, 15) is 14.7 Å². The number of aromatic nitrogens is 1. The Hall–Kier alpha value is -1.82. The standard InChI is InChI=1S/C17H28N2O4/c1-5-8-13-14(17(22)23-4)11(3)19-15(13)16(21)18-10-7-9-12(20)6-2/h12,19-20H,5-10H2,1-4H3,(H,18,21)/t12-/m1/s1. The number of hydrogen-bond donors (Lipinski definition) is 3. The molecule has 0 aliphatic carbocycles. The molecule has 1 aromatic heterocycles. The van der Waals surface area contributed by atoms with Crippen molar-refractivity contribution in [1.29, 1.82) is 0 Å². The van der Waals surface area contributed by atoms with Crippen LogP contribution in [0.25, 0.3) is 0 Å². The van der Waals surface area contributed by atoms with Crippen LogP contribution < -0.4 is 5.32 Å². The number of ether oxygens (including phenoxy) is 1. The number of H-pyrrole nitrogens is 1. The third-order valence-electron chi connectivity index (χ3n) is 3.88. The number of esters is 1. The highest BCUT2D eigenvalue weighted by atomic mass is 16.5. The predicted molar refractivity (Wildman–Crippen MR) is 88.7 cm³/mol. The van der Waals surface area contributed by atoms with Gasteiger partial charge in [-0.3, -0.25) is 4.79 Å². The Morgan fingerprint density at radius 2 is 2.04 bits per heavy atom. The minimum Gasteiger partial charge on any atom is -0.465 e. The molecule has 1 atom stereocenters. The summed E-state index contributed by atoms with van der Waals surface area (Å²) in [6.07, 6.45) is 3.23. The SMILES string of the molecule is CCCc1c(C(=O)NCCC[C@H](O)CC)[nH]c(C)c1C(=O)OC. The highest BCUT2D eigenvalue weighted by Gasteiger charge is 2.24. The lowest BCUT2D eigenvalue weighted by molar-refractivity contribution is 0.0599. The van der Waals surface area contributed by atoms with Crippen LogP contribution in [-0.2, 0) is 11.2 Å². The first-order chi connectivity index (χ1) is 11.0. The molecule has 0 bridgehead atoms. The Bertz CT molecular complexity index is 537. The fraction of sp³-hybridized carbons (Fsp3) is 0.647. The van der Waals surface area contributed by atoms with E-state index in [1.54, 1.807) is 6.92 Å². The number of nitrogens with one attached hydrogen (secondary N) is 2. The maximum absolute atomic E-state index is 12.4. The van der Waals surface area contributed by atoms with Crippen LogP contribution in [0.4, 0.5) is 0 Å². The van der Waals surface area contributed by atoms with E-state index < -0.39 is 5.97 Å². The molecule has 1 aromatic rings. The monoisotopic (exact) mass is 324 g/mol. The summed E-state index contributed by atoms with van der Waals surface area (Å²) >= 11 is 0. The van der Waals surface area contributed by atoms with Gasteiger partial charge in [0.05, 0.1) is 18.8 Å². The molecule has 3 N–H and O–H groups in total. The summed E-state index contributed by atoms with van der Waals surface area (Å²) in [7, 11) is 1.34. The summed E-state index contributed by atoms with van der Waals surface area (Å²) < 4.78 is 4.82. The first-order valence-electron chi connectivity index (χ1n) is 8.22. The molecule has 0 unspecified atom stereocenters. The van der Waals surface area contributed by atoms with Gasteiger partial charge in [0.1, 0.15) is 5.69 Å². The molecule has 6 heteroatoms. The number of aliphatic hydroxyl groups excluding tert-OH is 1. The van der Waals surface area contributed by atoms with E-state index in [-0.39, 0.29) is 12.0 Å². The van der Waals surface area contributed by atoms with Gasteiger partial charge < -0.3 is 20.1 Å². The van der Waals surface area contributed by atoms with Crippen molar-refractivity contribution in [2.45, 2.75) is 59.0 Å². The van der Waals surface area contributed by atoms with Gasteiger partial charge in [-0.05, 0) is 38.2 Å². The van der Waals surface area contributed by atoms with Crippen molar-refractivity contribution in [3.05, 3.63) is 22.5 Å². The van der Waals surface area contributed by atoms with Gasteiger partial charge in [0, 0.05) is 12.2 Å². The maximum atomic E-state index is 12.4. The molecule has 0 aliphatic heterocycles. The molecule has 1 rings (SSSR count). The summed E-state index contributed by atoms with van der Waals surface area (Å²) in [6.45, 7) is 6.18. The second kappa shape index (κ2) is 9.35. The minimum absolute atomic E-state index is 0.224. The highest BCUT2D eigenvalue weighted by molar-refractivity contribution is 6.00. The van der Waals surface area contributed by atoms with Crippen LogP contribution in [0.15, 0.2) is 0 Å². The van der Waals surface area contributed by atoms with Gasteiger partial charge in [-0.2, -0.15) is 0 Å². The van der Waals surface area contributed by atoms with Crippen molar-refractivity contribution in [1.82, 2.24) is 10.3 Å².